The predicted octanol–water partition coefficient (Wildman–Crippen LogP) is 12.9. The van der Waals surface area contributed by atoms with Gasteiger partial charge in [-0.15, -0.1) is 0 Å². The van der Waals surface area contributed by atoms with E-state index in [4.69, 9.17) is 4.74 Å². The molecule has 1 fully saturated rings. The van der Waals surface area contributed by atoms with Gasteiger partial charge in [0.2, 0.25) is 0 Å². The zero-order valence-electron chi connectivity index (χ0n) is 30.3. The predicted molar refractivity (Wildman–Crippen MR) is 199 cm³/mol. The summed E-state index contributed by atoms with van der Waals surface area (Å²) in [5.74, 6) is 0.171. The molecule has 1 saturated carbocycles. The van der Waals surface area contributed by atoms with Crippen LogP contribution in [0.1, 0.15) is 187 Å². The van der Waals surface area contributed by atoms with E-state index >= 15 is 0 Å². The molecule has 1 N–H and O–H groups in total. The van der Waals surface area contributed by atoms with Gasteiger partial charge in [-0.25, -0.2) is 0 Å². The van der Waals surface area contributed by atoms with Crippen LogP contribution in [-0.4, -0.2) is 25.2 Å². The smallest absolute Gasteiger partial charge is 0.309 e. The van der Waals surface area contributed by atoms with Gasteiger partial charge in [-0.2, -0.15) is 0 Å². The minimum absolute atomic E-state index is 0.0817. The van der Waals surface area contributed by atoms with Gasteiger partial charge in [0.15, 0.2) is 0 Å². The van der Waals surface area contributed by atoms with Crippen molar-refractivity contribution in [2.45, 2.75) is 199 Å². The zero-order chi connectivity index (χ0) is 32.5. The fraction of sp³-hybridized carbons (Fsp3) is 0.786. The van der Waals surface area contributed by atoms with Crippen LogP contribution in [0.3, 0.4) is 0 Å². The number of carbonyl (C=O) groups excluding carboxylic acids is 1. The average molecular weight is 626 g/mol. The van der Waals surface area contributed by atoms with Crippen LogP contribution >= 0.6 is 0 Å². The summed E-state index contributed by atoms with van der Waals surface area (Å²) in [6.07, 6.45) is 51.3. The lowest BCUT2D eigenvalue weighted by molar-refractivity contribution is -0.156. The maximum Gasteiger partial charge on any atom is 0.309 e. The summed E-state index contributed by atoms with van der Waals surface area (Å²) in [6, 6.07) is 0.468. The number of hydrogen-bond acceptors (Lipinski definition) is 3. The molecular formula is C42H75NO2. The summed E-state index contributed by atoms with van der Waals surface area (Å²) >= 11 is 0. The van der Waals surface area contributed by atoms with Crippen LogP contribution in [-0.2, 0) is 9.53 Å². The van der Waals surface area contributed by atoms with E-state index in [-0.39, 0.29) is 18.0 Å². The van der Waals surface area contributed by atoms with E-state index in [0.29, 0.717) is 6.04 Å². The van der Waals surface area contributed by atoms with Crippen LogP contribution in [0, 0.1) is 5.92 Å². The van der Waals surface area contributed by atoms with Crippen molar-refractivity contribution in [3.05, 3.63) is 48.6 Å². The summed E-state index contributed by atoms with van der Waals surface area (Å²) in [5.41, 5.74) is 0. The number of nitrogens with one attached hydrogen (secondary N) is 1. The molecular weight excluding hydrogens is 550 g/mol. The quantitative estimate of drug-likeness (QED) is 0.0490. The normalized spacial score (nSPS) is 18.2. The minimum atomic E-state index is 0.0817. The fourth-order valence-electron chi connectivity index (χ4n) is 6.45. The summed E-state index contributed by atoms with van der Waals surface area (Å²) < 4.78 is 6.22. The van der Waals surface area contributed by atoms with Gasteiger partial charge in [-0.05, 0) is 110 Å². The Kier molecular flexibility index (Phi) is 29.8. The Hall–Kier alpha value is -1.61. The second-order valence-electron chi connectivity index (χ2n) is 13.6. The molecule has 1 aliphatic carbocycles. The Morgan fingerprint density at radius 3 is 1.64 bits per heavy atom. The van der Waals surface area contributed by atoms with Crippen molar-refractivity contribution in [3.8, 4) is 0 Å². The first kappa shape index (κ1) is 41.4. The molecule has 3 nitrogen and oxygen atoms in total. The highest BCUT2D eigenvalue weighted by atomic mass is 16.5. The number of esters is 1. The molecule has 3 unspecified atom stereocenters. The molecule has 0 aromatic heterocycles. The topological polar surface area (TPSA) is 38.3 Å². The van der Waals surface area contributed by atoms with Crippen molar-refractivity contribution >= 4 is 5.97 Å². The number of carbonyl (C=O) groups is 1. The first-order valence-corrected chi connectivity index (χ1v) is 19.7. The van der Waals surface area contributed by atoms with Crippen LogP contribution in [0.4, 0.5) is 0 Å². The number of rotatable bonds is 30. The van der Waals surface area contributed by atoms with Gasteiger partial charge >= 0.3 is 5.97 Å². The molecule has 0 bridgehead atoms. The van der Waals surface area contributed by atoms with Crippen molar-refractivity contribution < 1.29 is 9.53 Å². The molecule has 1 rings (SSSR count). The molecule has 0 amide bonds. The lowest BCUT2D eigenvalue weighted by Gasteiger charge is -2.29. The van der Waals surface area contributed by atoms with E-state index in [9.17, 15) is 4.79 Å². The van der Waals surface area contributed by atoms with E-state index in [0.717, 1.165) is 51.4 Å². The van der Waals surface area contributed by atoms with E-state index in [1.807, 2.05) is 7.05 Å². The monoisotopic (exact) mass is 626 g/mol. The van der Waals surface area contributed by atoms with E-state index in [2.05, 4.69) is 67.8 Å². The molecule has 3 heteroatoms. The van der Waals surface area contributed by atoms with Gasteiger partial charge in [0.05, 0.1) is 5.92 Å². The largest absolute Gasteiger partial charge is 0.462 e. The fourth-order valence-corrected chi connectivity index (χ4v) is 6.45. The first-order chi connectivity index (χ1) is 22.2. The molecule has 0 aromatic carbocycles. The molecule has 0 aromatic rings. The lowest BCUT2D eigenvalue weighted by Crippen LogP contribution is -2.36. The third kappa shape index (κ3) is 26.2. The summed E-state index contributed by atoms with van der Waals surface area (Å²) in [7, 11) is 2.02. The highest BCUT2D eigenvalue weighted by Gasteiger charge is 2.29. The Labute approximate surface area is 281 Å². The van der Waals surface area contributed by atoms with Crippen LogP contribution in [0.15, 0.2) is 48.6 Å². The molecule has 0 spiro atoms. The van der Waals surface area contributed by atoms with E-state index in [1.54, 1.807) is 0 Å². The second kappa shape index (κ2) is 32.3. The number of ether oxygens (including phenoxy) is 1. The van der Waals surface area contributed by atoms with Gasteiger partial charge in [-0.3, -0.25) is 4.79 Å². The van der Waals surface area contributed by atoms with E-state index < -0.39 is 0 Å². The third-order valence-electron chi connectivity index (χ3n) is 9.41. The lowest BCUT2D eigenvalue weighted by atomic mass is 9.86. The van der Waals surface area contributed by atoms with Gasteiger partial charge in [0, 0.05) is 6.04 Å². The first-order valence-electron chi connectivity index (χ1n) is 19.7. The van der Waals surface area contributed by atoms with Crippen molar-refractivity contribution in [3.63, 3.8) is 0 Å². The molecule has 1 aliphatic rings. The summed E-state index contributed by atoms with van der Waals surface area (Å²) in [6.45, 7) is 4.45. The molecule has 0 radical (unpaired) electrons. The summed E-state index contributed by atoms with van der Waals surface area (Å²) in [5, 5.41) is 3.39. The van der Waals surface area contributed by atoms with Crippen LogP contribution in [0.25, 0.3) is 0 Å². The van der Waals surface area contributed by atoms with Gasteiger partial charge in [-0.1, -0.05) is 133 Å². The van der Waals surface area contributed by atoms with Crippen molar-refractivity contribution in [2.75, 3.05) is 7.05 Å². The Bertz CT molecular complexity index is 767. The number of allylic oxidation sites excluding steroid dienone is 8. The molecule has 3 atom stereocenters. The van der Waals surface area contributed by atoms with Crippen molar-refractivity contribution in [2.24, 2.45) is 5.92 Å². The van der Waals surface area contributed by atoms with Crippen LogP contribution < -0.4 is 5.32 Å². The van der Waals surface area contributed by atoms with Crippen molar-refractivity contribution in [1.82, 2.24) is 5.32 Å². The molecule has 0 heterocycles. The van der Waals surface area contributed by atoms with Crippen molar-refractivity contribution in [1.29, 1.82) is 0 Å². The molecule has 260 valence electrons. The Morgan fingerprint density at radius 1 is 0.644 bits per heavy atom. The molecule has 0 saturated heterocycles. The van der Waals surface area contributed by atoms with Gasteiger partial charge < -0.3 is 10.1 Å². The SMILES string of the molecule is CC/C=C\C/C=C\CCCCCCCCC(CCCCCCCC/C=C\C/C=C\CCCCC)OC(=O)C1CCCC(NC)C1. The highest BCUT2D eigenvalue weighted by Crippen LogP contribution is 2.27. The standard InChI is InChI=1S/C42H75NO2/c1-4-6-8-10-12-14-16-18-19-20-22-24-26-28-30-32-37-41(45-42(44)39-34-33-35-40(38-39)43-3)36-31-29-27-25-23-21-17-15-13-11-9-7-5-2/h7,9,12-15,18-19,39-41,43H,4-6,8,10-11,16-17,20-38H2,1-3H3/b9-7-,14-12-,15-13-,19-18-. The number of unbranched alkanes of at least 4 members (excludes halogenated alkanes) is 15. The third-order valence-corrected chi connectivity index (χ3v) is 9.41. The van der Waals surface area contributed by atoms with Crippen LogP contribution in [0.2, 0.25) is 0 Å². The average Bonchev–Trinajstić information content (AvgIpc) is 3.06. The highest BCUT2D eigenvalue weighted by molar-refractivity contribution is 5.72. The Balaban J connectivity index is 2.23. The molecule has 0 aliphatic heterocycles. The van der Waals surface area contributed by atoms with E-state index in [1.165, 1.54) is 122 Å². The minimum Gasteiger partial charge on any atom is -0.462 e. The van der Waals surface area contributed by atoms with Gasteiger partial charge in [0.1, 0.15) is 6.10 Å². The second-order valence-corrected chi connectivity index (χ2v) is 13.6. The maximum atomic E-state index is 13.1. The van der Waals surface area contributed by atoms with Crippen LogP contribution in [0.5, 0.6) is 0 Å². The number of hydrogen-bond donors (Lipinski definition) is 1. The zero-order valence-corrected chi connectivity index (χ0v) is 30.3. The molecule has 45 heavy (non-hydrogen) atoms. The maximum absolute atomic E-state index is 13.1. The Morgan fingerprint density at radius 2 is 1.13 bits per heavy atom. The van der Waals surface area contributed by atoms with Gasteiger partial charge in [0.25, 0.3) is 0 Å². The summed E-state index contributed by atoms with van der Waals surface area (Å²) in [4.78, 5) is 13.1.